The normalized spacial score (nSPS) is 10.6. The molecule has 1 heterocycles. The lowest BCUT2D eigenvalue weighted by Gasteiger charge is -2.14. The van der Waals surface area contributed by atoms with Crippen LogP contribution >= 0.6 is 34.8 Å². The van der Waals surface area contributed by atoms with E-state index in [0.717, 1.165) is 8.96 Å². The second-order valence-corrected chi connectivity index (χ2v) is 8.47. The zero-order valence-corrected chi connectivity index (χ0v) is 19.8. The molecule has 1 aromatic heterocycles. The molecule has 8 heteroatoms. The van der Waals surface area contributed by atoms with Crippen molar-refractivity contribution in [3.05, 3.63) is 92.4 Å². The molecule has 0 saturated heterocycles. The number of hydrogen-bond acceptors (Lipinski definition) is 5. The minimum absolute atomic E-state index is 0.106. The predicted octanol–water partition coefficient (Wildman–Crippen LogP) is 5.20. The van der Waals surface area contributed by atoms with E-state index in [1.54, 1.807) is 48.5 Å². The van der Waals surface area contributed by atoms with Gasteiger partial charge in [-0.15, -0.1) is 0 Å². The first-order chi connectivity index (χ1) is 15.4. The summed E-state index contributed by atoms with van der Waals surface area (Å²) >= 11 is 7.46. The van der Waals surface area contributed by atoms with E-state index in [-0.39, 0.29) is 11.0 Å². The molecule has 0 fully saturated rings. The van der Waals surface area contributed by atoms with Gasteiger partial charge >= 0.3 is 5.63 Å². The first-order valence-electron chi connectivity index (χ1n) is 9.54. The molecule has 6 nitrogen and oxygen atoms in total. The molecular formula is C24H17IN2O4S. The third kappa shape index (κ3) is 4.81. The highest BCUT2D eigenvalue weighted by atomic mass is 127. The van der Waals surface area contributed by atoms with E-state index < -0.39 is 5.63 Å². The topological polar surface area (TPSA) is 80.6 Å². The number of methoxy groups -OCH3 is 1. The first-order valence-corrected chi connectivity index (χ1v) is 11.0. The van der Waals surface area contributed by atoms with Crippen molar-refractivity contribution in [3.8, 4) is 16.9 Å². The molecule has 0 aliphatic rings. The maximum atomic E-state index is 12.5. The fraction of sp³-hybridized carbons (Fsp3) is 0.0417. The molecule has 4 rings (SSSR count). The number of carbonyl (C=O) groups is 1. The Hall–Kier alpha value is -3.24. The number of anilines is 1. The van der Waals surface area contributed by atoms with Gasteiger partial charge in [-0.2, -0.15) is 0 Å². The van der Waals surface area contributed by atoms with Gasteiger partial charge in [-0.05, 0) is 82.8 Å². The van der Waals surface area contributed by atoms with Crippen LogP contribution in [0.15, 0.2) is 82.0 Å². The lowest BCUT2D eigenvalue weighted by Crippen LogP contribution is -2.34. The molecule has 4 aromatic rings. The number of para-hydroxylation sites is 1. The molecule has 0 atom stereocenters. The molecule has 0 bridgehead atoms. The van der Waals surface area contributed by atoms with Crippen LogP contribution in [0.1, 0.15) is 10.4 Å². The molecule has 0 aliphatic heterocycles. The third-order valence-corrected chi connectivity index (χ3v) is 5.59. The van der Waals surface area contributed by atoms with E-state index in [9.17, 15) is 9.59 Å². The molecule has 1 amide bonds. The van der Waals surface area contributed by atoms with Gasteiger partial charge in [0.25, 0.3) is 5.91 Å². The summed E-state index contributed by atoms with van der Waals surface area (Å²) in [5, 5.41) is 6.56. The summed E-state index contributed by atoms with van der Waals surface area (Å²) in [6.07, 6.45) is 0. The highest BCUT2D eigenvalue weighted by Crippen LogP contribution is 2.30. The zero-order valence-electron chi connectivity index (χ0n) is 16.8. The van der Waals surface area contributed by atoms with Crippen LogP contribution in [0, 0.1) is 3.57 Å². The number of rotatable bonds is 4. The minimum Gasteiger partial charge on any atom is -0.495 e. The quantitative estimate of drug-likeness (QED) is 0.205. The monoisotopic (exact) mass is 556 g/mol. The molecule has 0 radical (unpaired) electrons. The zero-order chi connectivity index (χ0) is 22.7. The smallest absolute Gasteiger partial charge is 0.344 e. The van der Waals surface area contributed by atoms with Crippen LogP contribution in [0.2, 0.25) is 0 Å². The second-order valence-electron chi connectivity index (χ2n) is 6.82. The van der Waals surface area contributed by atoms with Crippen LogP contribution in [0.4, 0.5) is 5.69 Å². The van der Waals surface area contributed by atoms with Gasteiger partial charge in [0, 0.05) is 14.5 Å². The largest absolute Gasteiger partial charge is 0.495 e. The number of halogens is 1. The molecule has 2 N–H and O–H groups in total. The van der Waals surface area contributed by atoms with Crippen molar-refractivity contribution in [3.63, 3.8) is 0 Å². The number of nitrogens with one attached hydrogen (secondary N) is 2. The number of hydrogen-bond donors (Lipinski definition) is 2. The van der Waals surface area contributed by atoms with Crippen molar-refractivity contribution in [2.75, 3.05) is 12.4 Å². The molecule has 0 spiro atoms. The molecule has 0 saturated carbocycles. The van der Waals surface area contributed by atoms with Crippen molar-refractivity contribution in [1.82, 2.24) is 5.32 Å². The van der Waals surface area contributed by atoms with Gasteiger partial charge in [-0.1, -0.05) is 30.3 Å². The van der Waals surface area contributed by atoms with Gasteiger partial charge in [-0.25, -0.2) is 4.79 Å². The maximum Gasteiger partial charge on any atom is 0.344 e. The highest BCUT2D eigenvalue weighted by Gasteiger charge is 2.14. The summed E-state index contributed by atoms with van der Waals surface area (Å²) in [6.45, 7) is 0. The van der Waals surface area contributed by atoms with Gasteiger partial charge in [-0.3, -0.25) is 10.1 Å². The highest BCUT2D eigenvalue weighted by molar-refractivity contribution is 14.1. The standard InChI is InChI=1S/C24H17IN2O4S/c1-30-21-10-9-14(18-12-15-5-2-3-8-20(15)31-23(18)29)13-19(21)26-24(32)27-22(28)16-6-4-7-17(25)11-16/h2-13H,1H3,(H2,26,27,28,32). The Morgan fingerprint density at radius 3 is 2.62 bits per heavy atom. The van der Waals surface area contributed by atoms with Crippen LogP contribution < -0.4 is 21.0 Å². The van der Waals surface area contributed by atoms with Crippen LogP contribution in [0.25, 0.3) is 22.1 Å². The van der Waals surface area contributed by atoms with E-state index in [0.29, 0.717) is 33.7 Å². The van der Waals surface area contributed by atoms with E-state index in [1.165, 1.54) is 7.11 Å². The Morgan fingerprint density at radius 2 is 1.84 bits per heavy atom. The van der Waals surface area contributed by atoms with E-state index >= 15 is 0 Å². The Kier molecular flexibility index (Phi) is 6.52. The number of fused-ring (bicyclic) bond motifs is 1. The number of thiocarbonyl (C=S) groups is 1. The summed E-state index contributed by atoms with van der Waals surface area (Å²) in [5.41, 5.74) is 2.10. The van der Waals surface area contributed by atoms with Gasteiger partial charge in [0.1, 0.15) is 11.3 Å². The molecule has 32 heavy (non-hydrogen) atoms. The Labute approximate surface area is 202 Å². The van der Waals surface area contributed by atoms with E-state index in [2.05, 4.69) is 33.2 Å². The maximum absolute atomic E-state index is 12.5. The van der Waals surface area contributed by atoms with Crippen molar-refractivity contribution in [2.24, 2.45) is 0 Å². The molecule has 0 aliphatic carbocycles. The third-order valence-electron chi connectivity index (χ3n) is 4.71. The Balaban J connectivity index is 1.61. The Morgan fingerprint density at radius 1 is 1.03 bits per heavy atom. The van der Waals surface area contributed by atoms with Crippen molar-refractivity contribution < 1.29 is 13.9 Å². The average molecular weight is 556 g/mol. The number of benzene rings is 3. The summed E-state index contributed by atoms with van der Waals surface area (Å²) in [6, 6.07) is 21.5. The lowest BCUT2D eigenvalue weighted by molar-refractivity contribution is 0.0977. The second kappa shape index (κ2) is 9.49. The fourth-order valence-corrected chi connectivity index (χ4v) is 3.94. The van der Waals surface area contributed by atoms with E-state index in [4.69, 9.17) is 21.4 Å². The molecule has 160 valence electrons. The van der Waals surface area contributed by atoms with Gasteiger partial charge in [0.15, 0.2) is 5.11 Å². The lowest BCUT2D eigenvalue weighted by atomic mass is 10.0. The SMILES string of the molecule is COc1ccc(-c2cc3ccccc3oc2=O)cc1NC(=S)NC(=O)c1cccc(I)c1. The van der Waals surface area contributed by atoms with Gasteiger partial charge < -0.3 is 14.5 Å². The van der Waals surface area contributed by atoms with Crippen LogP contribution in [-0.2, 0) is 0 Å². The number of ether oxygens (including phenoxy) is 1. The first kappa shape index (κ1) is 22.0. The van der Waals surface area contributed by atoms with E-state index in [1.807, 2.05) is 24.3 Å². The Bertz CT molecular complexity index is 1400. The number of amides is 1. The van der Waals surface area contributed by atoms with Gasteiger partial charge in [0.2, 0.25) is 0 Å². The average Bonchev–Trinajstić information content (AvgIpc) is 2.78. The van der Waals surface area contributed by atoms with Crippen LogP contribution in [0.3, 0.4) is 0 Å². The van der Waals surface area contributed by atoms with Crippen LogP contribution in [-0.4, -0.2) is 18.1 Å². The number of carbonyl (C=O) groups excluding carboxylic acids is 1. The molecule has 3 aromatic carbocycles. The fourth-order valence-electron chi connectivity index (χ4n) is 3.19. The molecular weight excluding hydrogens is 539 g/mol. The van der Waals surface area contributed by atoms with Gasteiger partial charge in [0.05, 0.1) is 18.4 Å². The van der Waals surface area contributed by atoms with Crippen molar-refractivity contribution in [1.29, 1.82) is 0 Å². The van der Waals surface area contributed by atoms with Crippen molar-refractivity contribution in [2.45, 2.75) is 0 Å². The summed E-state index contributed by atoms with van der Waals surface area (Å²) in [5.74, 6) is 0.177. The summed E-state index contributed by atoms with van der Waals surface area (Å²) in [7, 11) is 1.53. The van der Waals surface area contributed by atoms with Crippen LogP contribution in [0.5, 0.6) is 5.75 Å². The summed E-state index contributed by atoms with van der Waals surface area (Å²) < 4.78 is 11.8. The van der Waals surface area contributed by atoms with Crippen molar-refractivity contribution >= 4 is 62.5 Å². The summed E-state index contributed by atoms with van der Waals surface area (Å²) in [4.78, 5) is 25.0. The molecule has 0 unspecified atom stereocenters. The minimum atomic E-state index is -0.450. The predicted molar refractivity (Wildman–Crippen MR) is 137 cm³/mol.